The molecule has 0 nitrogen and oxygen atoms in total. The summed E-state index contributed by atoms with van der Waals surface area (Å²) in [6.07, 6.45) is 0. The molecule has 4 rings (SSSR count). The predicted molar refractivity (Wildman–Crippen MR) is 148 cm³/mol. The molecule has 0 spiro atoms. The van der Waals surface area contributed by atoms with Crippen LogP contribution in [-0.2, 0) is 0 Å². The van der Waals surface area contributed by atoms with Gasteiger partial charge in [-0.2, -0.15) is 0 Å². The molecule has 0 atom stereocenters. The number of fused-ring (bicyclic) bond motifs is 1. The van der Waals surface area contributed by atoms with Gasteiger partial charge in [0.2, 0.25) is 0 Å². The van der Waals surface area contributed by atoms with Crippen LogP contribution in [0.2, 0.25) is 0 Å². The summed E-state index contributed by atoms with van der Waals surface area (Å²) in [4.78, 5) is 0. The molecular weight excluding hydrogens is 666 g/mol. The fraction of sp³-hybridized carbons (Fsp3) is 0.100. The average molecular weight is 674 g/mol. The maximum Gasteiger partial charge on any atom is 0.191 e. The first-order chi connectivity index (χ1) is 14.7. The minimum absolute atomic E-state index is 0.0394. The molecule has 0 saturated carbocycles. The molecule has 172 valence electrons. The van der Waals surface area contributed by atoms with Gasteiger partial charge in [-0.25, -0.2) is 0 Å². The minimum atomic E-state index is -1.47. The lowest BCUT2D eigenvalue weighted by atomic mass is 10.1. The van der Waals surface area contributed by atoms with Gasteiger partial charge >= 0.3 is 0 Å². The molecule has 32 heavy (non-hydrogen) atoms. The van der Waals surface area contributed by atoms with Crippen LogP contribution >= 0.6 is 139 Å². The molecule has 0 aromatic heterocycles. The first-order valence-corrected chi connectivity index (χ1v) is 12.7. The largest absolute Gasteiger partial charge is 0.191 e. The van der Waals surface area contributed by atoms with Crippen LogP contribution in [0.3, 0.4) is 0 Å². The molecule has 0 bridgehead atoms. The first kappa shape index (κ1) is 29.4. The predicted octanol–water partition coefficient (Wildman–Crippen LogP) is 11.9. The zero-order valence-electron chi connectivity index (χ0n) is 15.2. The Labute approximate surface area is 245 Å². The number of allylic oxidation sites excluding steroid dienone is 8. The molecular formula is C20H8Cl12. The Morgan fingerprint density at radius 1 is 0.375 bits per heavy atom. The second-order valence-electron chi connectivity index (χ2n) is 6.01. The van der Waals surface area contributed by atoms with Crippen molar-refractivity contribution in [3.8, 4) is 0 Å². The first-order valence-electron chi connectivity index (χ1n) is 8.17. The van der Waals surface area contributed by atoms with E-state index in [0.717, 1.165) is 0 Å². The second kappa shape index (κ2) is 11.9. The third-order valence-electron chi connectivity index (χ3n) is 3.92. The van der Waals surface area contributed by atoms with Crippen LogP contribution in [0.5, 0.6) is 0 Å². The normalized spacial score (nSPS) is 19.2. The van der Waals surface area contributed by atoms with E-state index in [-0.39, 0.29) is 40.3 Å². The summed E-state index contributed by atoms with van der Waals surface area (Å²) in [6, 6.07) is 16.7. The van der Waals surface area contributed by atoms with E-state index in [1.54, 1.807) is 0 Å². The van der Waals surface area contributed by atoms with Gasteiger partial charge in [0, 0.05) is 0 Å². The standard InChI is InChI=1S/C10H8.2C5Cl6/c1-2-6-10-8-4-3-7-9(10)5-1;2*6-1-2(7)4(9)5(10,11)3(1)8/h1-8H;;. The van der Waals surface area contributed by atoms with E-state index < -0.39 is 8.67 Å². The van der Waals surface area contributed by atoms with E-state index in [0.29, 0.717) is 0 Å². The molecule has 2 aromatic carbocycles. The molecule has 0 aliphatic heterocycles. The lowest BCUT2D eigenvalue weighted by molar-refractivity contribution is 1.24. The molecule has 0 N–H and O–H groups in total. The van der Waals surface area contributed by atoms with Crippen LogP contribution in [0, 0.1) is 0 Å². The van der Waals surface area contributed by atoms with Gasteiger partial charge in [-0.3, -0.25) is 0 Å². The zero-order valence-corrected chi connectivity index (χ0v) is 24.2. The maximum atomic E-state index is 5.68. The highest BCUT2D eigenvalue weighted by molar-refractivity contribution is 6.68. The van der Waals surface area contributed by atoms with Crippen molar-refractivity contribution in [3.63, 3.8) is 0 Å². The Bertz CT molecular complexity index is 981. The van der Waals surface area contributed by atoms with Crippen molar-refractivity contribution in [2.75, 3.05) is 0 Å². The molecule has 0 unspecified atom stereocenters. The fourth-order valence-electron chi connectivity index (χ4n) is 2.26. The third kappa shape index (κ3) is 6.28. The molecule has 0 fully saturated rings. The lowest BCUT2D eigenvalue weighted by Crippen LogP contribution is -2.09. The van der Waals surface area contributed by atoms with Crippen LogP contribution in [0.1, 0.15) is 0 Å². The molecule has 12 heteroatoms. The summed E-state index contributed by atoms with van der Waals surface area (Å²) in [7, 11) is 0. The van der Waals surface area contributed by atoms with Crippen LogP contribution < -0.4 is 0 Å². The number of benzene rings is 2. The van der Waals surface area contributed by atoms with Crippen LogP contribution in [0.4, 0.5) is 0 Å². The monoisotopic (exact) mass is 668 g/mol. The fourth-order valence-corrected chi connectivity index (χ4v) is 5.40. The topological polar surface area (TPSA) is 0 Å². The highest BCUT2D eigenvalue weighted by Crippen LogP contribution is 2.54. The molecule has 2 aromatic rings. The molecule has 2 aliphatic rings. The van der Waals surface area contributed by atoms with Gasteiger partial charge in [0.1, 0.15) is 0 Å². The Kier molecular flexibility index (Phi) is 10.9. The average Bonchev–Trinajstić information content (AvgIpc) is 3.00. The van der Waals surface area contributed by atoms with Crippen molar-refractivity contribution in [3.05, 3.63) is 88.8 Å². The summed E-state index contributed by atoms with van der Waals surface area (Å²) >= 11 is 67.6. The van der Waals surface area contributed by atoms with Gasteiger partial charge in [0.15, 0.2) is 8.67 Å². The van der Waals surface area contributed by atoms with E-state index in [9.17, 15) is 0 Å². The van der Waals surface area contributed by atoms with Crippen molar-refractivity contribution < 1.29 is 0 Å². The summed E-state index contributed by atoms with van der Waals surface area (Å²) in [6.45, 7) is 0. The zero-order chi connectivity index (χ0) is 24.4. The van der Waals surface area contributed by atoms with E-state index >= 15 is 0 Å². The summed E-state index contributed by atoms with van der Waals surface area (Å²) in [5.74, 6) is 0. The highest BCUT2D eigenvalue weighted by atomic mass is 35.5. The lowest BCUT2D eigenvalue weighted by Gasteiger charge is -2.11. The second-order valence-corrected chi connectivity index (χ2v) is 11.7. The van der Waals surface area contributed by atoms with Crippen LogP contribution in [0.15, 0.2) is 88.8 Å². The minimum Gasteiger partial charge on any atom is -0.0888 e. The molecule has 0 radical (unpaired) electrons. The molecule has 2 aliphatic carbocycles. The van der Waals surface area contributed by atoms with Gasteiger partial charge in [-0.15, -0.1) is 0 Å². The van der Waals surface area contributed by atoms with Crippen LogP contribution in [-0.4, -0.2) is 8.67 Å². The van der Waals surface area contributed by atoms with Crippen molar-refractivity contribution in [1.82, 2.24) is 0 Å². The quantitative estimate of drug-likeness (QED) is 0.244. The highest BCUT2D eigenvalue weighted by Gasteiger charge is 2.43. The van der Waals surface area contributed by atoms with E-state index in [4.69, 9.17) is 139 Å². The van der Waals surface area contributed by atoms with Gasteiger partial charge in [-0.1, -0.05) is 188 Å². The van der Waals surface area contributed by atoms with E-state index in [1.165, 1.54) is 10.8 Å². The smallest absolute Gasteiger partial charge is 0.0888 e. The summed E-state index contributed by atoms with van der Waals surface area (Å²) in [5.41, 5.74) is 0. The molecule has 0 heterocycles. The van der Waals surface area contributed by atoms with E-state index in [1.807, 2.05) is 0 Å². The third-order valence-corrected chi connectivity index (χ3v) is 10.2. The Morgan fingerprint density at radius 2 is 0.562 bits per heavy atom. The molecule has 0 saturated heterocycles. The molecule has 0 amide bonds. The summed E-state index contributed by atoms with van der Waals surface area (Å²) in [5, 5.41) is 3.18. The Hall–Kier alpha value is 1.14. The summed E-state index contributed by atoms with van der Waals surface area (Å²) < 4.78 is -2.95. The van der Waals surface area contributed by atoms with Crippen LogP contribution in [0.25, 0.3) is 10.8 Å². The van der Waals surface area contributed by atoms with Gasteiger partial charge in [0.05, 0.1) is 40.3 Å². The SMILES string of the molecule is ClC1=C(Cl)C(Cl)(Cl)C(Cl)=C1Cl.ClC1=C(Cl)C(Cl)(Cl)C(Cl)=C1Cl.c1ccc2ccccc2c1. The number of halogens is 12. The Morgan fingerprint density at radius 3 is 0.688 bits per heavy atom. The maximum absolute atomic E-state index is 5.68. The Balaban J connectivity index is 0.000000170. The van der Waals surface area contributed by atoms with Crippen molar-refractivity contribution >= 4 is 150 Å². The van der Waals surface area contributed by atoms with Gasteiger partial charge < -0.3 is 0 Å². The number of rotatable bonds is 0. The van der Waals surface area contributed by atoms with Gasteiger partial charge in [0.25, 0.3) is 0 Å². The van der Waals surface area contributed by atoms with Crippen molar-refractivity contribution in [2.24, 2.45) is 0 Å². The van der Waals surface area contributed by atoms with Crippen molar-refractivity contribution in [2.45, 2.75) is 8.67 Å². The van der Waals surface area contributed by atoms with Gasteiger partial charge in [-0.05, 0) is 10.8 Å². The number of hydrogen-bond donors (Lipinski definition) is 0. The van der Waals surface area contributed by atoms with E-state index in [2.05, 4.69) is 48.5 Å². The number of alkyl halides is 4. The number of hydrogen-bond acceptors (Lipinski definition) is 0. The van der Waals surface area contributed by atoms with Crippen molar-refractivity contribution in [1.29, 1.82) is 0 Å².